The summed E-state index contributed by atoms with van der Waals surface area (Å²) < 4.78 is 28.9. The molecule has 0 bridgehead atoms. The molecular formula is C17H24F2N6. The highest BCUT2D eigenvalue weighted by atomic mass is 19.1. The third kappa shape index (κ3) is 5.23. The van der Waals surface area contributed by atoms with Crippen LogP contribution in [-0.4, -0.2) is 33.8 Å². The molecular weight excluding hydrogens is 326 g/mol. The Balaban J connectivity index is 2.01. The minimum Gasteiger partial charge on any atom is -0.357 e. The number of aromatic nitrogens is 3. The van der Waals surface area contributed by atoms with Gasteiger partial charge in [-0.2, -0.15) is 0 Å². The predicted molar refractivity (Wildman–Crippen MR) is 93.3 cm³/mol. The number of nitrogens with zero attached hydrogens (tertiary/aromatic N) is 4. The summed E-state index contributed by atoms with van der Waals surface area (Å²) in [5.74, 6) is 0.322. The topological polar surface area (TPSA) is 67.1 Å². The van der Waals surface area contributed by atoms with Crippen LogP contribution in [0.1, 0.15) is 38.2 Å². The molecule has 0 spiro atoms. The van der Waals surface area contributed by atoms with E-state index < -0.39 is 11.6 Å². The molecule has 136 valence electrons. The second-order valence-corrected chi connectivity index (χ2v) is 5.59. The number of benzene rings is 1. The van der Waals surface area contributed by atoms with E-state index in [0.29, 0.717) is 31.2 Å². The fourth-order valence-electron chi connectivity index (χ4n) is 2.46. The Hall–Kier alpha value is -2.51. The molecule has 0 amide bonds. The summed E-state index contributed by atoms with van der Waals surface area (Å²) in [7, 11) is 0. The normalized spacial score (nSPS) is 12.9. The van der Waals surface area contributed by atoms with Crippen molar-refractivity contribution in [2.24, 2.45) is 4.99 Å². The largest absolute Gasteiger partial charge is 0.357 e. The zero-order valence-corrected chi connectivity index (χ0v) is 14.8. The Kier molecular flexibility index (Phi) is 6.85. The quantitative estimate of drug-likeness (QED) is 0.595. The highest BCUT2D eigenvalue weighted by molar-refractivity contribution is 5.80. The van der Waals surface area contributed by atoms with Crippen molar-refractivity contribution in [3.05, 3.63) is 47.5 Å². The van der Waals surface area contributed by atoms with E-state index in [0.717, 1.165) is 18.3 Å². The van der Waals surface area contributed by atoms with Crippen LogP contribution >= 0.6 is 0 Å². The SMILES string of the molecule is CCNC(=NCCn1cnnc1CC)NC(C)c1ccc(F)cc1F. The van der Waals surface area contributed by atoms with Crippen LogP contribution in [0.15, 0.2) is 29.5 Å². The van der Waals surface area contributed by atoms with E-state index in [9.17, 15) is 8.78 Å². The summed E-state index contributed by atoms with van der Waals surface area (Å²) in [6.07, 6.45) is 2.49. The fraction of sp³-hybridized carbons (Fsp3) is 0.471. The molecule has 8 heteroatoms. The minimum absolute atomic E-state index is 0.348. The van der Waals surface area contributed by atoms with Gasteiger partial charge in [0.1, 0.15) is 23.8 Å². The van der Waals surface area contributed by atoms with Crippen molar-refractivity contribution in [3.8, 4) is 0 Å². The number of hydrogen-bond acceptors (Lipinski definition) is 3. The molecule has 0 radical (unpaired) electrons. The third-order valence-corrected chi connectivity index (χ3v) is 3.75. The van der Waals surface area contributed by atoms with Crippen molar-refractivity contribution in [2.75, 3.05) is 13.1 Å². The van der Waals surface area contributed by atoms with Crippen LogP contribution in [0.4, 0.5) is 8.78 Å². The number of hydrogen-bond donors (Lipinski definition) is 2. The van der Waals surface area contributed by atoms with Gasteiger partial charge in [0.2, 0.25) is 0 Å². The lowest BCUT2D eigenvalue weighted by Crippen LogP contribution is -2.39. The van der Waals surface area contributed by atoms with Crippen LogP contribution in [0.25, 0.3) is 0 Å². The maximum Gasteiger partial charge on any atom is 0.191 e. The Labute approximate surface area is 146 Å². The first-order valence-corrected chi connectivity index (χ1v) is 8.41. The zero-order valence-electron chi connectivity index (χ0n) is 14.8. The van der Waals surface area contributed by atoms with Gasteiger partial charge in [0.25, 0.3) is 0 Å². The molecule has 1 aromatic carbocycles. The van der Waals surface area contributed by atoms with Crippen molar-refractivity contribution < 1.29 is 8.78 Å². The molecule has 0 aliphatic carbocycles. The van der Waals surface area contributed by atoms with Crippen LogP contribution in [0.5, 0.6) is 0 Å². The molecule has 2 N–H and O–H groups in total. The number of aryl methyl sites for hydroxylation is 1. The maximum absolute atomic E-state index is 13.9. The van der Waals surface area contributed by atoms with Crippen LogP contribution < -0.4 is 10.6 Å². The number of aliphatic imine (C=N–C) groups is 1. The van der Waals surface area contributed by atoms with E-state index in [2.05, 4.69) is 25.8 Å². The Bertz CT molecular complexity index is 713. The Morgan fingerprint density at radius 1 is 1.32 bits per heavy atom. The highest BCUT2D eigenvalue weighted by Gasteiger charge is 2.13. The van der Waals surface area contributed by atoms with E-state index in [1.165, 1.54) is 12.1 Å². The lowest BCUT2D eigenvalue weighted by molar-refractivity contribution is 0.550. The molecule has 6 nitrogen and oxygen atoms in total. The first-order valence-electron chi connectivity index (χ1n) is 8.41. The standard InChI is InChI=1S/C17H24F2N6/c1-4-16-24-22-11-25(16)9-8-21-17(20-5-2)23-12(3)14-7-6-13(18)10-15(14)19/h6-7,10-12H,4-5,8-9H2,1-3H3,(H2,20,21,23). The lowest BCUT2D eigenvalue weighted by Gasteiger charge is -2.18. The van der Waals surface area contributed by atoms with Crippen LogP contribution in [0.2, 0.25) is 0 Å². The van der Waals surface area contributed by atoms with Gasteiger partial charge in [0.05, 0.1) is 12.6 Å². The maximum atomic E-state index is 13.9. The lowest BCUT2D eigenvalue weighted by atomic mass is 10.1. The first kappa shape index (κ1) is 18.8. The molecule has 2 rings (SSSR count). The zero-order chi connectivity index (χ0) is 18.2. The van der Waals surface area contributed by atoms with Crippen molar-refractivity contribution in [3.63, 3.8) is 0 Å². The molecule has 1 atom stereocenters. The fourth-order valence-corrected chi connectivity index (χ4v) is 2.46. The monoisotopic (exact) mass is 350 g/mol. The van der Waals surface area contributed by atoms with Gasteiger partial charge < -0.3 is 15.2 Å². The highest BCUT2D eigenvalue weighted by Crippen LogP contribution is 2.17. The Morgan fingerprint density at radius 3 is 2.80 bits per heavy atom. The molecule has 1 unspecified atom stereocenters. The van der Waals surface area contributed by atoms with Gasteiger partial charge in [-0.25, -0.2) is 8.78 Å². The molecule has 2 aromatic rings. The summed E-state index contributed by atoms with van der Waals surface area (Å²) in [5, 5.41) is 14.2. The van der Waals surface area contributed by atoms with Crippen molar-refractivity contribution in [2.45, 2.75) is 39.8 Å². The minimum atomic E-state index is -0.588. The number of guanidine groups is 1. The van der Waals surface area contributed by atoms with E-state index in [-0.39, 0.29) is 6.04 Å². The van der Waals surface area contributed by atoms with E-state index >= 15 is 0 Å². The molecule has 0 aliphatic rings. The number of rotatable bonds is 7. The summed E-state index contributed by atoms with van der Waals surface area (Å²) in [5.41, 5.74) is 0.388. The number of halogens is 2. The number of nitrogens with one attached hydrogen (secondary N) is 2. The van der Waals surface area contributed by atoms with Crippen LogP contribution in [0, 0.1) is 11.6 Å². The third-order valence-electron chi connectivity index (χ3n) is 3.75. The smallest absolute Gasteiger partial charge is 0.191 e. The van der Waals surface area contributed by atoms with Crippen LogP contribution in [0.3, 0.4) is 0 Å². The van der Waals surface area contributed by atoms with Crippen molar-refractivity contribution in [1.82, 2.24) is 25.4 Å². The summed E-state index contributed by atoms with van der Waals surface area (Å²) in [4.78, 5) is 4.50. The van der Waals surface area contributed by atoms with Gasteiger partial charge in [-0.15, -0.1) is 10.2 Å². The Morgan fingerprint density at radius 2 is 2.12 bits per heavy atom. The molecule has 25 heavy (non-hydrogen) atoms. The predicted octanol–water partition coefficient (Wildman–Crippen LogP) is 2.43. The molecule has 0 saturated carbocycles. The van der Waals surface area contributed by atoms with Gasteiger partial charge in [-0.1, -0.05) is 13.0 Å². The van der Waals surface area contributed by atoms with E-state index in [4.69, 9.17) is 0 Å². The first-order chi connectivity index (χ1) is 12.0. The average Bonchev–Trinajstić information content (AvgIpc) is 3.02. The second-order valence-electron chi connectivity index (χ2n) is 5.59. The molecule has 1 heterocycles. The van der Waals surface area contributed by atoms with Gasteiger partial charge in [0, 0.05) is 31.1 Å². The van der Waals surface area contributed by atoms with Crippen molar-refractivity contribution in [1.29, 1.82) is 0 Å². The molecule has 0 saturated heterocycles. The van der Waals surface area contributed by atoms with Gasteiger partial charge >= 0.3 is 0 Å². The molecule has 0 aliphatic heterocycles. The molecule has 1 aromatic heterocycles. The summed E-state index contributed by atoms with van der Waals surface area (Å²) >= 11 is 0. The molecule has 0 fully saturated rings. The van der Waals surface area contributed by atoms with Gasteiger partial charge in [-0.05, 0) is 19.9 Å². The van der Waals surface area contributed by atoms with Crippen LogP contribution in [-0.2, 0) is 13.0 Å². The van der Waals surface area contributed by atoms with E-state index in [1.807, 2.05) is 18.4 Å². The van der Waals surface area contributed by atoms with Gasteiger partial charge in [0.15, 0.2) is 5.96 Å². The van der Waals surface area contributed by atoms with Gasteiger partial charge in [-0.3, -0.25) is 4.99 Å². The van der Waals surface area contributed by atoms with E-state index in [1.54, 1.807) is 13.3 Å². The summed E-state index contributed by atoms with van der Waals surface area (Å²) in [6, 6.07) is 3.23. The second kappa shape index (κ2) is 9.10. The average molecular weight is 350 g/mol. The summed E-state index contributed by atoms with van der Waals surface area (Å²) in [6.45, 7) is 7.64. The van der Waals surface area contributed by atoms with Crippen molar-refractivity contribution >= 4 is 5.96 Å².